The van der Waals surface area contributed by atoms with Crippen molar-refractivity contribution in [2.45, 2.75) is 46.0 Å². The first-order valence-corrected chi connectivity index (χ1v) is 8.97. The molecule has 1 aromatic rings. The molecule has 0 unspecified atom stereocenters. The molecule has 0 radical (unpaired) electrons. The lowest BCUT2D eigenvalue weighted by atomic mass is 9.98. The molecule has 1 atom stereocenters. The van der Waals surface area contributed by atoms with Crippen molar-refractivity contribution in [3.8, 4) is 0 Å². The van der Waals surface area contributed by atoms with E-state index in [1.54, 1.807) is 6.92 Å². The van der Waals surface area contributed by atoms with Gasteiger partial charge < -0.3 is 14.9 Å². The minimum Gasteiger partial charge on any atom is -0.483 e. The lowest BCUT2D eigenvalue weighted by Gasteiger charge is -2.40. The van der Waals surface area contributed by atoms with Crippen molar-refractivity contribution >= 4 is 18.3 Å². The number of alkyl halides is 3. The zero-order chi connectivity index (χ0) is 22.4. The largest absolute Gasteiger partial charge is 0.483 e. The summed E-state index contributed by atoms with van der Waals surface area (Å²) in [7, 11) is 0. The molecule has 0 aliphatic carbocycles. The molecule has 1 aromatic carbocycles. The fraction of sp³-hybridized carbons (Fsp3) is 0.526. The van der Waals surface area contributed by atoms with Gasteiger partial charge in [-0.05, 0) is 43.0 Å². The lowest BCUT2D eigenvalue weighted by molar-refractivity contribution is -0.157. The Labute approximate surface area is 166 Å². The highest BCUT2D eigenvalue weighted by Crippen LogP contribution is 2.31. The fourth-order valence-electron chi connectivity index (χ4n) is 3.09. The summed E-state index contributed by atoms with van der Waals surface area (Å²) >= 11 is 0. The van der Waals surface area contributed by atoms with Crippen LogP contribution in [0.25, 0.3) is 0 Å². The Morgan fingerprint density at radius 2 is 1.83 bits per heavy atom. The third-order valence-corrected chi connectivity index (χ3v) is 4.33. The van der Waals surface area contributed by atoms with Gasteiger partial charge in [0.25, 0.3) is 6.47 Å². The van der Waals surface area contributed by atoms with Crippen LogP contribution in [0.2, 0.25) is 0 Å². The van der Waals surface area contributed by atoms with Gasteiger partial charge in [0, 0.05) is 13.1 Å². The molecule has 0 saturated carbocycles. The second kappa shape index (κ2) is 10.2. The minimum atomic E-state index is -4.69. The molecule has 1 aliphatic heterocycles. The van der Waals surface area contributed by atoms with Crippen molar-refractivity contribution in [3.63, 3.8) is 0 Å². The maximum absolute atomic E-state index is 13.6. The van der Waals surface area contributed by atoms with E-state index in [1.807, 2.05) is 13.8 Å². The van der Waals surface area contributed by atoms with E-state index in [0.29, 0.717) is 19.0 Å². The number of halogens is 4. The van der Waals surface area contributed by atoms with Crippen LogP contribution < -0.4 is 0 Å². The fourth-order valence-corrected chi connectivity index (χ4v) is 3.09. The normalized spacial score (nSPS) is 17.3. The first-order valence-electron chi connectivity index (χ1n) is 8.97. The van der Waals surface area contributed by atoms with E-state index in [-0.39, 0.29) is 42.9 Å². The molecule has 1 heterocycles. The van der Waals surface area contributed by atoms with Gasteiger partial charge in [0.2, 0.25) is 11.8 Å². The molecule has 0 spiro atoms. The third kappa shape index (κ3) is 6.72. The molecule has 1 aliphatic rings. The number of likely N-dealkylation sites (N-methyl/N-ethyl adjacent to an activating group) is 1. The number of carbonyl (C=O) groups is 3. The number of hydrogen-bond donors (Lipinski definition) is 1. The van der Waals surface area contributed by atoms with Crippen LogP contribution in [0.5, 0.6) is 0 Å². The van der Waals surface area contributed by atoms with Crippen LogP contribution in [0.1, 0.15) is 38.3 Å². The van der Waals surface area contributed by atoms with Crippen LogP contribution in [-0.2, 0) is 27.1 Å². The summed E-state index contributed by atoms with van der Waals surface area (Å²) in [6.07, 6.45) is -4.29. The van der Waals surface area contributed by atoms with Crippen LogP contribution in [-0.4, -0.2) is 52.3 Å². The van der Waals surface area contributed by atoms with E-state index in [2.05, 4.69) is 0 Å². The zero-order valence-electron chi connectivity index (χ0n) is 16.4. The highest BCUT2D eigenvalue weighted by Gasteiger charge is 2.39. The Hall–Kier alpha value is -2.65. The number of carbonyl (C=O) groups excluding carboxylic acids is 2. The summed E-state index contributed by atoms with van der Waals surface area (Å²) in [4.78, 5) is 36.2. The maximum Gasteiger partial charge on any atom is 0.416 e. The molecule has 2 rings (SSSR count). The van der Waals surface area contributed by atoms with Gasteiger partial charge in [-0.25, -0.2) is 4.39 Å². The van der Waals surface area contributed by atoms with Gasteiger partial charge in [-0.3, -0.25) is 14.4 Å². The first kappa shape index (κ1) is 24.4. The number of hydrogen-bond acceptors (Lipinski definition) is 3. The summed E-state index contributed by atoms with van der Waals surface area (Å²) in [5.74, 6) is -1.50. The molecular formula is C19H24F4N2O4. The van der Waals surface area contributed by atoms with Crippen LogP contribution in [0.15, 0.2) is 18.2 Å². The summed E-state index contributed by atoms with van der Waals surface area (Å²) < 4.78 is 52.3. The van der Waals surface area contributed by atoms with E-state index in [9.17, 15) is 27.2 Å². The van der Waals surface area contributed by atoms with Gasteiger partial charge in [-0.2, -0.15) is 13.2 Å². The predicted molar refractivity (Wildman–Crippen MR) is 96.1 cm³/mol. The predicted octanol–water partition coefficient (Wildman–Crippen LogP) is 3.15. The molecule has 0 aromatic heterocycles. The molecule has 0 bridgehead atoms. The van der Waals surface area contributed by atoms with Crippen molar-refractivity contribution in [3.05, 3.63) is 35.1 Å². The van der Waals surface area contributed by atoms with E-state index in [4.69, 9.17) is 9.90 Å². The maximum atomic E-state index is 13.6. The van der Waals surface area contributed by atoms with Crippen molar-refractivity contribution in [2.24, 2.45) is 5.92 Å². The first-order chi connectivity index (χ1) is 13.4. The van der Waals surface area contributed by atoms with E-state index in [0.717, 1.165) is 12.1 Å². The smallest absolute Gasteiger partial charge is 0.416 e. The summed E-state index contributed by atoms with van der Waals surface area (Å²) in [6, 6.07) is 1.44. The quantitative estimate of drug-likeness (QED) is 0.587. The topological polar surface area (TPSA) is 77.9 Å². The van der Waals surface area contributed by atoms with Gasteiger partial charge in [-0.1, -0.05) is 13.8 Å². The molecule has 29 heavy (non-hydrogen) atoms. The highest BCUT2D eigenvalue weighted by molar-refractivity contribution is 5.94. The lowest BCUT2D eigenvalue weighted by Crippen LogP contribution is -2.59. The standard InChI is InChI=1S/C18H22F4N2O2.CH2O2/c1-4-23-10-16(25)24(15(17(23)26)5-11(2)3)9-12-6-13(18(20,21)22)8-14(19)7-12;2-1-3/h6-8,11,15H,4-5,9-10H2,1-3H3;1H,(H,2,3)/t15-;/m0./s1. The number of amides is 2. The number of piperazine rings is 1. The van der Waals surface area contributed by atoms with Crippen LogP contribution >= 0.6 is 0 Å². The Bertz CT molecular complexity index is 737. The molecule has 6 nitrogen and oxygen atoms in total. The number of benzene rings is 1. The SMILES string of the molecule is CCN1CC(=O)N(Cc2cc(F)cc(C(F)(F)F)c2)[C@@H](CC(C)C)C1=O.O=CO. The second-order valence-electron chi connectivity index (χ2n) is 6.97. The number of nitrogens with zero attached hydrogens (tertiary/aromatic N) is 2. The Kier molecular flexibility index (Phi) is 8.59. The molecule has 10 heteroatoms. The van der Waals surface area contributed by atoms with Crippen molar-refractivity contribution < 1.29 is 37.1 Å². The van der Waals surface area contributed by atoms with Gasteiger partial charge in [0.1, 0.15) is 11.9 Å². The van der Waals surface area contributed by atoms with Crippen LogP contribution in [0.3, 0.4) is 0 Å². The average molecular weight is 420 g/mol. The molecule has 162 valence electrons. The Morgan fingerprint density at radius 1 is 1.24 bits per heavy atom. The summed E-state index contributed by atoms with van der Waals surface area (Å²) in [6.45, 7) is 5.32. The van der Waals surface area contributed by atoms with Gasteiger partial charge in [0.05, 0.1) is 12.1 Å². The average Bonchev–Trinajstić information content (AvgIpc) is 2.60. The Morgan fingerprint density at radius 3 is 2.31 bits per heavy atom. The van der Waals surface area contributed by atoms with Gasteiger partial charge in [0.15, 0.2) is 0 Å². The van der Waals surface area contributed by atoms with Crippen molar-refractivity contribution in [2.75, 3.05) is 13.1 Å². The summed E-state index contributed by atoms with van der Waals surface area (Å²) in [5, 5.41) is 6.89. The highest BCUT2D eigenvalue weighted by atomic mass is 19.4. The molecule has 1 saturated heterocycles. The van der Waals surface area contributed by atoms with Gasteiger partial charge >= 0.3 is 6.18 Å². The minimum absolute atomic E-state index is 0.0113. The zero-order valence-corrected chi connectivity index (χ0v) is 16.4. The second-order valence-corrected chi connectivity index (χ2v) is 6.97. The Balaban J connectivity index is 0.00000132. The van der Waals surface area contributed by atoms with E-state index >= 15 is 0 Å². The van der Waals surface area contributed by atoms with Gasteiger partial charge in [-0.15, -0.1) is 0 Å². The van der Waals surface area contributed by atoms with Crippen molar-refractivity contribution in [1.82, 2.24) is 9.80 Å². The molecule has 2 amide bonds. The monoisotopic (exact) mass is 420 g/mol. The number of rotatable bonds is 5. The number of carboxylic acid groups (broad SMARTS) is 1. The molecular weight excluding hydrogens is 396 g/mol. The van der Waals surface area contributed by atoms with E-state index in [1.165, 1.54) is 9.80 Å². The molecule has 1 fully saturated rings. The van der Waals surface area contributed by atoms with Crippen LogP contribution in [0.4, 0.5) is 17.6 Å². The van der Waals surface area contributed by atoms with E-state index < -0.39 is 23.6 Å². The van der Waals surface area contributed by atoms with Crippen LogP contribution in [0, 0.1) is 11.7 Å². The third-order valence-electron chi connectivity index (χ3n) is 4.33. The summed E-state index contributed by atoms with van der Waals surface area (Å²) in [5.41, 5.74) is -1.10. The molecule has 1 N–H and O–H groups in total. The van der Waals surface area contributed by atoms with Crippen molar-refractivity contribution in [1.29, 1.82) is 0 Å².